The fourth-order valence-electron chi connectivity index (χ4n) is 2.04. The lowest BCUT2D eigenvalue weighted by atomic mass is 10.00. The van der Waals surface area contributed by atoms with Crippen molar-refractivity contribution < 1.29 is 0 Å². The lowest BCUT2D eigenvalue weighted by Gasteiger charge is -2.36. The van der Waals surface area contributed by atoms with Crippen LogP contribution >= 0.6 is 23.4 Å². The standard InChI is InChI=1S/C12H17ClN2S/c1-15-6-7-16-8-11(15)12(14)9-4-2-3-5-10(9)13/h2-5,11-12H,6-8,14H2,1H3. The summed E-state index contributed by atoms with van der Waals surface area (Å²) in [5, 5.41) is 0.777. The molecule has 1 heterocycles. The molecule has 2 rings (SSSR count). The van der Waals surface area contributed by atoms with Crippen molar-refractivity contribution in [3.63, 3.8) is 0 Å². The minimum atomic E-state index is 0.00602. The van der Waals surface area contributed by atoms with Crippen molar-refractivity contribution in [1.29, 1.82) is 0 Å². The summed E-state index contributed by atoms with van der Waals surface area (Å²) in [6.07, 6.45) is 0. The van der Waals surface area contributed by atoms with Gasteiger partial charge in [-0.05, 0) is 18.7 Å². The van der Waals surface area contributed by atoms with E-state index in [1.165, 1.54) is 5.75 Å². The Labute approximate surface area is 106 Å². The molecule has 0 saturated carbocycles. The van der Waals surface area contributed by atoms with Crippen molar-refractivity contribution in [2.75, 3.05) is 25.1 Å². The average Bonchev–Trinajstić information content (AvgIpc) is 2.29. The molecule has 1 fully saturated rings. The third kappa shape index (κ3) is 2.54. The minimum Gasteiger partial charge on any atom is -0.323 e. The van der Waals surface area contributed by atoms with Gasteiger partial charge in [-0.1, -0.05) is 29.8 Å². The number of rotatable bonds is 2. The second-order valence-corrected chi connectivity index (χ2v) is 5.73. The Morgan fingerprint density at radius 2 is 2.25 bits per heavy atom. The number of hydrogen-bond donors (Lipinski definition) is 1. The van der Waals surface area contributed by atoms with Gasteiger partial charge in [0.05, 0.1) is 0 Å². The molecule has 1 aromatic rings. The first-order valence-corrected chi connectivity index (χ1v) is 7.01. The summed E-state index contributed by atoms with van der Waals surface area (Å²) in [5.41, 5.74) is 7.38. The maximum Gasteiger partial charge on any atom is 0.0475 e. The predicted octanol–water partition coefficient (Wildman–Crippen LogP) is 2.39. The maximum atomic E-state index is 6.32. The Morgan fingerprint density at radius 1 is 1.50 bits per heavy atom. The molecule has 4 heteroatoms. The Hall–Kier alpha value is -0.220. The molecular formula is C12H17ClN2S. The topological polar surface area (TPSA) is 29.3 Å². The van der Waals surface area contributed by atoms with Crippen LogP contribution in [0.4, 0.5) is 0 Å². The quantitative estimate of drug-likeness (QED) is 0.881. The predicted molar refractivity (Wildman–Crippen MR) is 72.1 cm³/mol. The van der Waals surface area contributed by atoms with Crippen molar-refractivity contribution in [3.8, 4) is 0 Å². The van der Waals surface area contributed by atoms with Crippen molar-refractivity contribution in [1.82, 2.24) is 4.90 Å². The highest BCUT2D eigenvalue weighted by molar-refractivity contribution is 7.99. The molecule has 1 aromatic carbocycles. The first-order valence-electron chi connectivity index (χ1n) is 5.48. The highest BCUT2D eigenvalue weighted by Crippen LogP contribution is 2.28. The van der Waals surface area contributed by atoms with Gasteiger partial charge in [0.1, 0.15) is 0 Å². The molecule has 0 aromatic heterocycles. The van der Waals surface area contributed by atoms with Crippen LogP contribution in [0.2, 0.25) is 5.02 Å². The molecule has 0 aliphatic carbocycles. The fourth-order valence-corrected chi connectivity index (χ4v) is 3.58. The maximum absolute atomic E-state index is 6.32. The van der Waals surface area contributed by atoms with E-state index in [0.29, 0.717) is 6.04 Å². The molecule has 2 atom stereocenters. The summed E-state index contributed by atoms with van der Waals surface area (Å²) in [7, 11) is 2.14. The van der Waals surface area contributed by atoms with Crippen molar-refractivity contribution in [2.24, 2.45) is 5.73 Å². The normalized spacial score (nSPS) is 24.3. The van der Waals surface area contributed by atoms with Gasteiger partial charge < -0.3 is 5.73 Å². The number of benzene rings is 1. The fraction of sp³-hybridized carbons (Fsp3) is 0.500. The zero-order valence-corrected chi connectivity index (χ0v) is 11.0. The molecule has 2 unspecified atom stereocenters. The van der Waals surface area contributed by atoms with Crippen LogP contribution in [0.15, 0.2) is 24.3 Å². The zero-order chi connectivity index (χ0) is 11.5. The first kappa shape index (κ1) is 12.2. The third-order valence-electron chi connectivity index (χ3n) is 3.12. The van der Waals surface area contributed by atoms with Gasteiger partial charge in [-0.25, -0.2) is 0 Å². The highest BCUT2D eigenvalue weighted by atomic mass is 35.5. The van der Waals surface area contributed by atoms with E-state index in [9.17, 15) is 0 Å². The van der Waals surface area contributed by atoms with Crippen LogP contribution in [0.5, 0.6) is 0 Å². The molecule has 1 aliphatic rings. The number of nitrogens with two attached hydrogens (primary N) is 1. The van der Waals surface area contributed by atoms with E-state index in [4.69, 9.17) is 17.3 Å². The molecule has 1 aliphatic heterocycles. The summed E-state index contributed by atoms with van der Waals surface area (Å²) in [6, 6.07) is 8.27. The molecule has 2 nitrogen and oxygen atoms in total. The Morgan fingerprint density at radius 3 is 2.94 bits per heavy atom. The minimum absolute atomic E-state index is 0.00602. The average molecular weight is 257 g/mol. The zero-order valence-electron chi connectivity index (χ0n) is 9.40. The lowest BCUT2D eigenvalue weighted by molar-refractivity contribution is 0.237. The number of likely N-dealkylation sites (N-methyl/N-ethyl adjacent to an activating group) is 1. The van der Waals surface area contributed by atoms with Crippen molar-refractivity contribution in [3.05, 3.63) is 34.9 Å². The molecule has 0 amide bonds. The second kappa shape index (κ2) is 5.41. The van der Waals surface area contributed by atoms with E-state index in [-0.39, 0.29) is 6.04 Å². The van der Waals surface area contributed by atoms with Crippen LogP contribution in [0, 0.1) is 0 Å². The second-order valence-electron chi connectivity index (χ2n) is 4.17. The molecule has 0 bridgehead atoms. The van der Waals surface area contributed by atoms with Crippen LogP contribution in [-0.2, 0) is 0 Å². The van der Waals surface area contributed by atoms with E-state index in [0.717, 1.165) is 22.9 Å². The smallest absolute Gasteiger partial charge is 0.0475 e. The van der Waals surface area contributed by atoms with E-state index in [1.807, 2.05) is 36.0 Å². The molecule has 2 N–H and O–H groups in total. The van der Waals surface area contributed by atoms with E-state index < -0.39 is 0 Å². The molecule has 0 radical (unpaired) electrons. The van der Waals surface area contributed by atoms with E-state index in [1.54, 1.807) is 0 Å². The number of nitrogens with zero attached hydrogens (tertiary/aromatic N) is 1. The van der Waals surface area contributed by atoms with Gasteiger partial charge in [0.15, 0.2) is 0 Å². The van der Waals surface area contributed by atoms with Gasteiger partial charge in [0.25, 0.3) is 0 Å². The summed E-state index contributed by atoms with van der Waals surface area (Å²) in [5.74, 6) is 2.28. The Bertz CT molecular complexity index is 359. The summed E-state index contributed by atoms with van der Waals surface area (Å²) in [6.45, 7) is 1.10. The largest absolute Gasteiger partial charge is 0.323 e. The summed E-state index contributed by atoms with van der Waals surface area (Å²) in [4.78, 5) is 2.34. The SMILES string of the molecule is CN1CCSCC1C(N)c1ccccc1Cl. The van der Waals surface area contributed by atoms with Crippen LogP contribution in [0.1, 0.15) is 11.6 Å². The Kier molecular flexibility index (Phi) is 4.14. The Balaban J connectivity index is 2.17. The third-order valence-corrected chi connectivity index (χ3v) is 4.51. The van der Waals surface area contributed by atoms with E-state index >= 15 is 0 Å². The van der Waals surface area contributed by atoms with Crippen LogP contribution < -0.4 is 5.73 Å². The van der Waals surface area contributed by atoms with Gasteiger partial charge in [-0.15, -0.1) is 0 Å². The van der Waals surface area contributed by atoms with Crippen LogP contribution in [-0.4, -0.2) is 36.0 Å². The van der Waals surface area contributed by atoms with Crippen LogP contribution in [0.25, 0.3) is 0 Å². The van der Waals surface area contributed by atoms with Crippen LogP contribution in [0.3, 0.4) is 0 Å². The molecule has 88 valence electrons. The van der Waals surface area contributed by atoms with Gasteiger partial charge in [0.2, 0.25) is 0 Å². The number of thioether (sulfide) groups is 1. The number of halogens is 1. The van der Waals surface area contributed by atoms with Gasteiger partial charge >= 0.3 is 0 Å². The summed E-state index contributed by atoms with van der Waals surface area (Å²) < 4.78 is 0. The molecule has 1 saturated heterocycles. The highest BCUT2D eigenvalue weighted by Gasteiger charge is 2.27. The molecule has 16 heavy (non-hydrogen) atoms. The first-order chi connectivity index (χ1) is 7.70. The van der Waals surface area contributed by atoms with Gasteiger partial charge in [-0.3, -0.25) is 4.90 Å². The lowest BCUT2D eigenvalue weighted by Crippen LogP contribution is -2.46. The van der Waals surface area contributed by atoms with Gasteiger partial charge in [0, 0.05) is 35.2 Å². The monoisotopic (exact) mass is 256 g/mol. The summed E-state index contributed by atoms with van der Waals surface area (Å²) >= 11 is 8.15. The molecule has 0 spiro atoms. The number of hydrogen-bond acceptors (Lipinski definition) is 3. The van der Waals surface area contributed by atoms with Crippen molar-refractivity contribution >= 4 is 23.4 Å². The van der Waals surface area contributed by atoms with Crippen molar-refractivity contribution in [2.45, 2.75) is 12.1 Å². The van der Waals surface area contributed by atoms with Gasteiger partial charge in [-0.2, -0.15) is 11.8 Å². The van der Waals surface area contributed by atoms with E-state index in [2.05, 4.69) is 11.9 Å². The molecular weight excluding hydrogens is 240 g/mol.